The van der Waals surface area contributed by atoms with Gasteiger partial charge in [-0.25, -0.2) is 4.39 Å². The van der Waals surface area contributed by atoms with Crippen LogP contribution in [0.25, 0.3) is 0 Å². The van der Waals surface area contributed by atoms with Gasteiger partial charge < -0.3 is 14.9 Å². The number of likely N-dealkylation sites (N-methyl/N-ethyl adjacent to an activating group) is 1. The molecule has 2 aliphatic rings. The molecule has 3 rings (SSSR count). The zero-order valence-corrected chi connectivity index (χ0v) is 13.0. The third-order valence-electron chi connectivity index (χ3n) is 4.86. The van der Waals surface area contributed by atoms with Crippen molar-refractivity contribution in [2.24, 2.45) is 0 Å². The van der Waals surface area contributed by atoms with Crippen molar-refractivity contribution in [3.63, 3.8) is 0 Å². The number of nitrogens with zero attached hydrogens (tertiary/aromatic N) is 2. The monoisotopic (exact) mass is 306 g/mol. The molecule has 0 spiro atoms. The van der Waals surface area contributed by atoms with Crippen molar-refractivity contribution in [2.75, 3.05) is 29.9 Å². The highest BCUT2D eigenvalue weighted by Gasteiger charge is 2.35. The third-order valence-corrected chi connectivity index (χ3v) is 4.86. The van der Waals surface area contributed by atoms with E-state index in [1.807, 2.05) is 11.9 Å². The van der Waals surface area contributed by atoms with E-state index in [-0.39, 0.29) is 18.1 Å². The highest BCUT2D eigenvalue weighted by Crippen LogP contribution is 2.36. The van der Waals surface area contributed by atoms with Crippen molar-refractivity contribution < 1.29 is 14.3 Å². The van der Waals surface area contributed by atoms with E-state index in [0.29, 0.717) is 25.9 Å². The topological polar surface area (TPSA) is 43.8 Å². The Kier molecular flexibility index (Phi) is 4.08. The highest BCUT2D eigenvalue weighted by atomic mass is 19.1. The number of fused-ring (bicyclic) bond motifs is 1. The largest absolute Gasteiger partial charge is 0.389 e. The fraction of sp³-hybridized carbons (Fsp3) is 0.588. The predicted molar refractivity (Wildman–Crippen MR) is 84.7 cm³/mol. The first kappa shape index (κ1) is 15.3. The normalized spacial score (nSPS) is 20.7. The summed E-state index contributed by atoms with van der Waals surface area (Å²) in [5.41, 5.74) is 0.605. The van der Waals surface area contributed by atoms with Crippen molar-refractivity contribution in [2.45, 2.75) is 44.1 Å². The van der Waals surface area contributed by atoms with Crippen LogP contribution in [0, 0.1) is 5.82 Å². The van der Waals surface area contributed by atoms with E-state index in [0.717, 1.165) is 30.6 Å². The number of halogens is 1. The van der Waals surface area contributed by atoms with Gasteiger partial charge >= 0.3 is 0 Å². The van der Waals surface area contributed by atoms with Crippen LogP contribution in [-0.2, 0) is 4.79 Å². The van der Waals surface area contributed by atoms with E-state index >= 15 is 0 Å². The van der Waals surface area contributed by atoms with Gasteiger partial charge in [0.25, 0.3) is 0 Å². The van der Waals surface area contributed by atoms with Gasteiger partial charge in [0.05, 0.1) is 23.4 Å². The molecule has 4 nitrogen and oxygen atoms in total. The number of anilines is 2. The van der Waals surface area contributed by atoms with E-state index in [1.165, 1.54) is 12.1 Å². The molecule has 1 heterocycles. The summed E-state index contributed by atoms with van der Waals surface area (Å²) >= 11 is 0. The van der Waals surface area contributed by atoms with Gasteiger partial charge in [0.2, 0.25) is 5.91 Å². The van der Waals surface area contributed by atoms with Crippen LogP contribution in [0.3, 0.4) is 0 Å². The smallest absolute Gasteiger partial charge is 0.230 e. The van der Waals surface area contributed by atoms with Crippen LogP contribution in [-0.4, -0.2) is 36.8 Å². The minimum absolute atomic E-state index is 0.0645. The molecule has 0 bridgehead atoms. The third kappa shape index (κ3) is 2.95. The highest BCUT2D eigenvalue weighted by molar-refractivity contribution is 5.98. The molecular formula is C17H23FN2O2. The SMILES string of the molecule is CN1CCN(C(=O)CC2(O)CCCCC2)c2ccc(F)cc21. The number of rotatable bonds is 2. The molecule has 1 aromatic carbocycles. The van der Waals surface area contributed by atoms with Crippen molar-refractivity contribution in [1.29, 1.82) is 0 Å². The Bertz CT molecular complexity index is 570. The lowest BCUT2D eigenvalue weighted by Gasteiger charge is -2.38. The second-order valence-corrected chi connectivity index (χ2v) is 6.56. The summed E-state index contributed by atoms with van der Waals surface area (Å²) in [4.78, 5) is 16.3. The number of aliphatic hydroxyl groups is 1. The van der Waals surface area contributed by atoms with E-state index in [2.05, 4.69) is 0 Å². The Morgan fingerprint density at radius 1 is 1.23 bits per heavy atom. The lowest BCUT2D eigenvalue weighted by atomic mass is 9.82. The zero-order chi connectivity index (χ0) is 15.7. The number of hydrogen-bond acceptors (Lipinski definition) is 3. The Hall–Kier alpha value is -1.62. The summed E-state index contributed by atoms with van der Waals surface area (Å²) in [6.45, 7) is 1.24. The van der Waals surface area contributed by atoms with Gasteiger partial charge in [0.1, 0.15) is 5.82 Å². The molecule has 0 unspecified atom stereocenters. The molecule has 1 aliphatic heterocycles. The van der Waals surface area contributed by atoms with Gasteiger partial charge in [0.15, 0.2) is 0 Å². The van der Waals surface area contributed by atoms with Crippen LogP contribution in [0.15, 0.2) is 18.2 Å². The summed E-state index contributed by atoms with van der Waals surface area (Å²) in [6, 6.07) is 4.50. The summed E-state index contributed by atoms with van der Waals surface area (Å²) in [5.74, 6) is -0.365. The summed E-state index contributed by atoms with van der Waals surface area (Å²) in [6.07, 6.45) is 4.65. The van der Waals surface area contributed by atoms with Crippen LogP contribution in [0.1, 0.15) is 38.5 Å². The summed E-state index contributed by atoms with van der Waals surface area (Å²) in [7, 11) is 1.90. The molecule has 1 fully saturated rings. The first-order valence-corrected chi connectivity index (χ1v) is 8.02. The molecule has 0 radical (unpaired) electrons. The molecule has 120 valence electrons. The van der Waals surface area contributed by atoms with Crippen molar-refractivity contribution >= 4 is 17.3 Å². The molecule has 1 saturated carbocycles. The molecule has 0 aromatic heterocycles. The van der Waals surface area contributed by atoms with Crippen LogP contribution in [0.4, 0.5) is 15.8 Å². The molecule has 1 N–H and O–H groups in total. The summed E-state index contributed by atoms with van der Waals surface area (Å²) in [5, 5.41) is 10.6. The Labute approximate surface area is 130 Å². The summed E-state index contributed by atoms with van der Waals surface area (Å²) < 4.78 is 13.5. The molecule has 1 aliphatic carbocycles. The Morgan fingerprint density at radius 2 is 1.95 bits per heavy atom. The van der Waals surface area contributed by atoms with Gasteiger partial charge in [0, 0.05) is 20.1 Å². The van der Waals surface area contributed by atoms with Crippen molar-refractivity contribution in [3.8, 4) is 0 Å². The molecule has 5 heteroatoms. The molecule has 1 amide bonds. The number of carbonyl (C=O) groups is 1. The number of hydrogen-bond donors (Lipinski definition) is 1. The van der Waals surface area contributed by atoms with Crippen LogP contribution < -0.4 is 9.80 Å². The van der Waals surface area contributed by atoms with Gasteiger partial charge in [-0.1, -0.05) is 19.3 Å². The minimum atomic E-state index is -0.862. The van der Waals surface area contributed by atoms with Crippen LogP contribution in [0.5, 0.6) is 0 Å². The Balaban J connectivity index is 1.80. The fourth-order valence-corrected chi connectivity index (χ4v) is 3.54. The van der Waals surface area contributed by atoms with Crippen LogP contribution in [0.2, 0.25) is 0 Å². The van der Waals surface area contributed by atoms with Gasteiger partial charge in [-0.15, -0.1) is 0 Å². The average Bonchev–Trinajstić information content (AvgIpc) is 2.48. The standard InChI is InChI=1S/C17H23FN2O2/c1-19-9-10-20(14-6-5-13(18)11-15(14)19)16(21)12-17(22)7-3-2-4-8-17/h5-6,11,22H,2-4,7-10,12H2,1H3. The molecule has 1 aromatic rings. The number of amides is 1. The molecule has 0 atom stereocenters. The Morgan fingerprint density at radius 3 is 2.68 bits per heavy atom. The molecule has 22 heavy (non-hydrogen) atoms. The average molecular weight is 306 g/mol. The van der Waals surface area contributed by atoms with Crippen molar-refractivity contribution in [1.82, 2.24) is 0 Å². The maximum atomic E-state index is 13.5. The zero-order valence-electron chi connectivity index (χ0n) is 13.0. The lowest BCUT2D eigenvalue weighted by Crippen LogP contribution is -2.46. The lowest BCUT2D eigenvalue weighted by molar-refractivity contribution is -0.124. The van der Waals surface area contributed by atoms with E-state index in [9.17, 15) is 14.3 Å². The van der Waals surface area contributed by atoms with Gasteiger partial charge in [-0.3, -0.25) is 4.79 Å². The first-order valence-electron chi connectivity index (χ1n) is 8.02. The van der Waals surface area contributed by atoms with Gasteiger partial charge in [-0.2, -0.15) is 0 Å². The second-order valence-electron chi connectivity index (χ2n) is 6.56. The maximum Gasteiger partial charge on any atom is 0.230 e. The fourth-order valence-electron chi connectivity index (χ4n) is 3.54. The van der Waals surface area contributed by atoms with Crippen molar-refractivity contribution in [3.05, 3.63) is 24.0 Å². The van der Waals surface area contributed by atoms with E-state index < -0.39 is 5.60 Å². The second kappa shape index (κ2) is 5.88. The van der Waals surface area contributed by atoms with E-state index in [4.69, 9.17) is 0 Å². The number of carbonyl (C=O) groups excluding carboxylic acids is 1. The van der Waals surface area contributed by atoms with E-state index in [1.54, 1.807) is 11.0 Å². The van der Waals surface area contributed by atoms with Crippen LogP contribution >= 0.6 is 0 Å². The number of benzene rings is 1. The predicted octanol–water partition coefficient (Wildman–Crippen LogP) is 2.69. The molecular weight excluding hydrogens is 283 g/mol. The maximum absolute atomic E-state index is 13.5. The quantitative estimate of drug-likeness (QED) is 0.913. The molecule has 0 saturated heterocycles. The van der Waals surface area contributed by atoms with Gasteiger partial charge in [-0.05, 0) is 31.0 Å². The minimum Gasteiger partial charge on any atom is -0.389 e. The first-order chi connectivity index (χ1) is 10.5.